The van der Waals surface area contributed by atoms with Crippen molar-refractivity contribution < 1.29 is 4.52 Å². The number of pyridine rings is 1. The van der Waals surface area contributed by atoms with Gasteiger partial charge in [0.1, 0.15) is 11.5 Å². The minimum Gasteiger partial charge on any atom is -0.343 e. The van der Waals surface area contributed by atoms with Crippen LogP contribution in [0.1, 0.15) is 30.4 Å². The first-order valence-corrected chi connectivity index (χ1v) is 10.6. The first-order chi connectivity index (χ1) is 15.8. The van der Waals surface area contributed by atoms with Gasteiger partial charge in [0.15, 0.2) is 11.6 Å². The maximum Gasteiger partial charge on any atom is 0.213 e. The Morgan fingerprint density at radius 2 is 2.00 bits per heavy atom. The highest BCUT2D eigenvalue weighted by Crippen LogP contribution is 2.30. The normalized spacial score (nSPS) is 17.2. The molecule has 6 rings (SSSR count). The Morgan fingerprint density at radius 1 is 1.06 bits per heavy atom. The van der Waals surface area contributed by atoms with Gasteiger partial charge < -0.3 is 4.52 Å². The zero-order valence-corrected chi connectivity index (χ0v) is 17.3. The largest absolute Gasteiger partial charge is 0.343 e. The maximum absolute atomic E-state index is 4.86. The van der Waals surface area contributed by atoms with Crippen molar-refractivity contribution in [1.82, 2.24) is 45.4 Å². The fraction of sp³-hybridized carbons (Fsp3) is 0.273. The van der Waals surface area contributed by atoms with E-state index in [9.17, 15) is 0 Å². The number of benzene rings is 1. The molecule has 1 aromatic carbocycles. The van der Waals surface area contributed by atoms with Gasteiger partial charge in [-0.25, -0.2) is 4.98 Å². The number of hydrogen-bond acceptors (Lipinski definition) is 8. The van der Waals surface area contributed by atoms with Crippen LogP contribution in [0.3, 0.4) is 0 Å². The van der Waals surface area contributed by atoms with Crippen LogP contribution >= 0.6 is 0 Å². The van der Waals surface area contributed by atoms with Gasteiger partial charge in [-0.15, -0.1) is 0 Å². The smallest absolute Gasteiger partial charge is 0.213 e. The van der Waals surface area contributed by atoms with Gasteiger partial charge in [0.2, 0.25) is 6.39 Å². The van der Waals surface area contributed by atoms with E-state index in [4.69, 9.17) is 9.51 Å². The predicted octanol–water partition coefficient (Wildman–Crippen LogP) is 3.17. The molecule has 1 saturated heterocycles. The molecule has 0 saturated carbocycles. The summed E-state index contributed by atoms with van der Waals surface area (Å²) in [6.45, 7) is 2.58. The highest BCUT2D eigenvalue weighted by Gasteiger charge is 2.25. The Bertz CT molecular complexity index is 1330. The number of H-pyrrole nitrogens is 2. The second-order valence-electron chi connectivity index (χ2n) is 8.03. The Morgan fingerprint density at radius 3 is 2.88 bits per heavy atom. The van der Waals surface area contributed by atoms with Crippen LogP contribution in [0.5, 0.6) is 0 Å². The fourth-order valence-corrected chi connectivity index (χ4v) is 4.35. The van der Waals surface area contributed by atoms with Crippen LogP contribution in [0.2, 0.25) is 0 Å². The van der Waals surface area contributed by atoms with E-state index in [0.29, 0.717) is 24.1 Å². The molecule has 160 valence electrons. The predicted molar refractivity (Wildman–Crippen MR) is 116 cm³/mol. The van der Waals surface area contributed by atoms with Crippen molar-refractivity contribution in [2.24, 2.45) is 0 Å². The summed E-state index contributed by atoms with van der Waals surface area (Å²) in [5, 5.41) is 20.2. The molecule has 0 amide bonds. The molecule has 10 nitrogen and oxygen atoms in total. The number of hydrogen-bond donors (Lipinski definition) is 2. The van der Waals surface area contributed by atoms with Crippen LogP contribution in [0.25, 0.3) is 33.5 Å². The van der Waals surface area contributed by atoms with Gasteiger partial charge in [0, 0.05) is 41.4 Å². The molecule has 0 spiro atoms. The van der Waals surface area contributed by atoms with Crippen molar-refractivity contribution in [1.29, 1.82) is 0 Å². The highest BCUT2D eigenvalue weighted by atomic mass is 16.5. The van der Waals surface area contributed by atoms with Gasteiger partial charge in [-0.3, -0.25) is 20.1 Å². The highest BCUT2D eigenvalue weighted by molar-refractivity contribution is 5.95. The summed E-state index contributed by atoms with van der Waals surface area (Å²) in [6.07, 6.45) is 7.08. The number of likely N-dealkylation sites (tertiary alicyclic amines) is 1. The molecule has 10 heteroatoms. The Labute approximate surface area is 183 Å². The molecule has 1 aliphatic rings. The average Bonchev–Trinajstić information content (AvgIpc) is 3.60. The summed E-state index contributed by atoms with van der Waals surface area (Å²) >= 11 is 0. The number of piperidine rings is 1. The van der Waals surface area contributed by atoms with E-state index in [1.807, 2.05) is 24.3 Å². The van der Waals surface area contributed by atoms with E-state index >= 15 is 0 Å². The maximum atomic E-state index is 4.86. The lowest BCUT2D eigenvalue weighted by Crippen LogP contribution is -2.34. The van der Waals surface area contributed by atoms with Crippen LogP contribution < -0.4 is 0 Å². The van der Waals surface area contributed by atoms with E-state index in [-0.39, 0.29) is 0 Å². The molecule has 4 aromatic heterocycles. The summed E-state index contributed by atoms with van der Waals surface area (Å²) in [5.41, 5.74) is 3.84. The first kappa shape index (κ1) is 18.8. The number of aromatic amines is 2. The summed E-state index contributed by atoms with van der Waals surface area (Å²) in [5.74, 6) is 2.61. The molecule has 0 aliphatic carbocycles. The van der Waals surface area contributed by atoms with Crippen molar-refractivity contribution in [3.63, 3.8) is 0 Å². The van der Waals surface area contributed by atoms with Gasteiger partial charge in [0.25, 0.3) is 0 Å². The molecular weight excluding hydrogens is 406 g/mol. The van der Waals surface area contributed by atoms with Crippen LogP contribution in [-0.4, -0.2) is 58.5 Å². The number of rotatable bonds is 5. The molecule has 0 bridgehead atoms. The minimum atomic E-state index is 0.293. The van der Waals surface area contributed by atoms with E-state index in [0.717, 1.165) is 59.5 Å². The summed E-state index contributed by atoms with van der Waals surface area (Å²) in [6, 6.07) is 10.0. The molecule has 1 atom stereocenters. The van der Waals surface area contributed by atoms with Crippen LogP contribution in [-0.2, 0) is 6.54 Å². The summed E-state index contributed by atoms with van der Waals surface area (Å²) in [7, 11) is 0. The molecule has 1 unspecified atom stereocenters. The van der Waals surface area contributed by atoms with Crippen molar-refractivity contribution in [3.8, 4) is 22.6 Å². The van der Waals surface area contributed by atoms with Crippen LogP contribution in [0.15, 0.2) is 53.6 Å². The van der Waals surface area contributed by atoms with Crippen molar-refractivity contribution in [2.75, 3.05) is 13.1 Å². The van der Waals surface area contributed by atoms with Gasteiger partial charge in [-0.2, -0.15) is 15.2 Å². The summed E-state index contributed by atoms with van der Waals surface area (Å²) < 4.78 is 4.86. The van der Waals surface area contributed by atoms with Gasteiger partial charge >= 0.3 is 0 Å². The molecule has 1 fully saturated rings. The quantitative estimate of drug-likeness (QED) is 0.438. The standard InChI is InChI=1S/C22H21N9O/c1-2-16(11-31(9-1)12-19-24-13-32-30-19)22-25-21(28-29-22)15-3-4-18-17(10-15)20(27-26-18)14-5-7-23-8-6-14/h3-8,10,13,16H,1-2,9,11-12H2,(H,26,27)(H,25,28,29). The molecule has 32 heavy (non-hydrogen) atoms. The average molecular weight is 427 g/mol. The second kappa shape index (κ2) is 7.97. The molecular formula is C22H21N9O. The zero-order valence-electron chi connectivity index (χ0n) is 17.3. The topological polar surface area (TPSA) is 125 Å². The fourth-order valence-electron chi connectivity index (χ4n) is 4.35. The Balaban J connectivity index is 1.25. The van der Waals surface area contributed by atoms with Crippen LogP contribution in [0.4, 0.5) is 0 Å². The number of nitrogens with zero attached hydrogens (tertiary/aromatic N) is 7. The zero-order chi connectivity index (χ0) is 21.3. The molecule has 2 N–H and O–H groups in total. The van der Waals surface area contributed by atoms with Gasteiger partial charge in [-0.1, -0.05) is 5.16 Å². The van der Waals surface area contributed by atoms with E-state index in [1.54, 1.807) is 12.4 Å². The van der Waals surface area contributed by atoms with E-state index in [2.05, 4.69) is 46.5 Å². The number of fused-ring (bicyclic) bond motifs is 1. The molecule has 1 aliphatic heterocycles. The van der Waals surface area contributed by atoms with Crippen molar-refractivity contribution in [2.45, 2.75) is 25.3 Å². The molecule has 5 heterocycles. The third kappa shape index (κ3) is 3.54. The van der Waals surface area contributed by atoms with E-state index in [1.165, 1.54) is 6.39 Å². The third-order valence-electron chi connectivity index (χ3n) is 5.94. The van der Waals surface area contributed by atoms with Crippen molar-refractivity contribution in [3.05, 3.63) is 60.8 Å². The van der Waals surface area contributed by atoms with Crippen LogP contribution in [0, 0.1) is 0 Å². The second-order valence-corrected chi connectivity index (χ2v) is 8.03. The SMILES string of the molecule is c1cc(-c2n[nH]c3ccc(-c4n[nH]c(C5CCCN(Cc6ncon6)C5)n4)cc23)ccn1. The minimum absolute atomic E-state index is 0.293. The molecule has 5 aromatic rings. The Kier molecular flexibility index (Phi) is 4.69. The van der Waals surface area contributed by atoms with Crippen molar-refractivity contribution >= 4 is 10.9 Å². The van der Waals surface area contributed by atoms with Gasteiger partial charge in [-0.05, 0) is 49.7 Å². The van der Waals surface area contributed by atoms with E-state index < -0.39 is 0 Å². The first-order valence-electron chi connectivity index (χ1n) is 10.6. The number of aromatic nitrogens is 8. The molecule has 0 radical (unpaired) electrons. The Hall–Kier alpha value is -3.92. The number of nitrogens with one attached hydrogen (secondary N) is 2. The summed E-state index contributed by atoms with van der Waals surface area (Å²) in [4.78, 5) is 15.4. The monoisotopic (exact) mass is 427 g/mol. The lowest BCUT2D eigenvalue weighted by molar-refractivity contribution is 0.190. The lowest BCUT2D eigenvalue weighted by Gasteiger charge is -2.30. The van der Waals surface area contributed by atoms with Gasteiger partial charge in [0.05, 0.1) is 12.1 Å². The lowest BCUT2D eigenvalue weighted by atomic mass is 9.97. The third-order valence-corrected chi connectivity index (χ3v) is 5.94.